The third-order valence-corrected chi connectivity index (χ3v) is 4.88. The minimum Gasteiger partial charge on any atom is -0.480 e. The summed E-state index contributed by atoms with van der Waals surface area (Å²) in [6.45, 7) is 1.18. The van der Waals surface area contributed by atoms with Crippen LogP contribution >= 0.6 is 23.5 Å². The molecule has 0 atom stereocenters. The molecule has 1 heterocycles. The van der Waals surface area contributed by atoms with Crippen molar-refractivity contribution in [2.24, 2.45) is 5.14 Å². The Morgan fingerprint density at radius 1 is 1.17 bits per heavy atom. The van der Waals surface area contributed by atoms with Gasteiger partial charge in [0.1, 0.15) is 16.5 Å². The van der Waals surface area contributed by atoms with Crippen LogP contribution in [0, 0.1) is 18.3 Å². The zero-order valence-electron chi connectivity index (χ0n) is 17.9. The summed E-state index contributed by atoms with van der Waals surface area (Å²) in [7, 11) is 0. The van der Waals surface area contributed by atoms with E-state index >= 15 is 0 Å². The number of hydrogen-bond donors (Lipinski definition) is 2. The minimum atomic E-state index is -4.94. The van der Waals surface area contributed by atoms with Gasteiger partial charge in [0, 0.05) is 11.1 Å². The fourth-order valence-corrected chi connectivity index (χ4v) is 3.32. The van der Waals surface area contributed by atoms with Crippen LogP contribution in [0.2, 0.25) is 5.02 Å². The van der Waals surface area contributed by atoms with Crippen molar-refractivity contribution in [2.75, 3.05) is 11.9 Å². The summed E-state index contributed by atoms with van der Waals surface area (Å²) in [5.74, 6) is -1.33. The molecule has 0 saturated heterocycles. The second kappa shape index (κ2) is 11.2. The Kier molecular flexibility index (Phi) is 8.29. The van der Waals surface area contributed by atoms with Crippen LogP contribution in [0.3, 0.4) is 0 Å². The van der Waals surface area contributed by atoms with Gasteiger partial charge >= 0.3 is 6.36 Å². The van der Waals surface area contributed by atoms with Crippen molar-refractivity contribution in [1.82, 2.24) is 4.98 Å². The zero-order valence-corrected chi connectivity index (χ0v) is 19.4. The first-order chi connectivity index (χ1) is 16.6. The van der Waals surface area contributed by atoms with E-state index in [1.165, 1.54) is 18.2 Å². The summed E-state index contributed by atoms with van der Waals surface area (Å²) < 4.78 is 53.1. The van der Waals surface area contributed by atoms with Crippen LogP contribution in [0.5, 0.6) is 23.0 Å². The van der Waals surface area contributed by atoms with Crippen LogP contribution in [0.25, 0.3) is 0 Å². The SMILES string of the molecule is Cc1nc(SN)ccc1NC(=O)COc1ccc(OC(F)(F)F)cc1Oc1cc(Cl)cc(C#N)c1. The molecule has 35 heavy (non-hydrogen) atoms. The number of pyridine rings is 1. The Morgan fingerprint density at radius 2 is 1.94 bits per heavy atom. The van der Waals surface area contributed by atoms with Crippen molar-refractivity contribution in [2.45, 2.75) is 18.3 Å². The number of hydrogen-bond acceptors (Lipinski definition) is 8. The van der Waals surface area contributed by atoms with E-state index < -0.39 is 24.6 Å². The number of ether oxygens (including phenoxy) is 3. The molecule has 0 radical (unpaired) electrons. The van der Waals surface area contributed by atoms with Crippen LogP contribution in [0.15, 0.2) is 53.6 Å². The molecular weight excluding hydrogens is 509 g/mol. The van der Waals surface area contributed by atoms with Crippen LogP contribution in [-0.2, 0) is 4.79 Å². The maximum Gasteiger partial charge on any atom is 0.573 e. The normalized spacial score (nSPS) is 10.9. The van der Waals surface area contributed by atoms with Gasteiger partial charge in [0.15, 0.2) is 18.1 Å². The predicted molar refractivity (Wildman–Crippen MR) is 123 cm³/mol. The van der Waals surface area contributed by atoms with Gasteiger partial charge < -0.3 is 19.5 Å². The van der Waals surface area contributed by atoms with E-state index in [2.05, 4.69) is 15.0 Å². The number of anilines is 1. The number of nitrogens with zero attached hydrogens (tertiary/aromatic N) is 2. The highest BCUT2D eigenvalue weighted by Crippen LogP contribution is 2.37. The second-order valence-corrected chi connectivity index (χ2v) is 7.87. The Labute approximate surface area is 206 Å². The Hall–Kier alpha value is -3.66. The number of nitrogens with one attached hydrogen (secondary N) is 1. The molecule has 1 amide bonds. The summed E-state index contributed by atoms with van der Waals surface area (Å²) in [6.07, 6.45) is -4.94. The maximum atomic E-state index is 12.7. The van der Waals surface area contributed by atoms with Gasteiger partial charge in [0.25, 0.3) is 5.91 Å². The third-order valence-electron chi connectivity index (χ3n) is 4.19. The highest BCUT2D eigenvalue weighted by Gasteiger charge is 2.31. The van der Waals surface area contributed by atoms with E-state index in [1.54, 1.807) is 19.1 Å². The van der Waals surface area contributed by atoms with Gasteiger partial charge in [0.05, 0.1) is 23.0 Å². The van der Waals surface area contributed by atoms with Crippen molar-refractivity contribution >= 4 is 35.1 Å². The summed E-state index contributed by atoms with van der Waals surface area (Å²) in [5, 5.41) is 17.9. The van der Waals surface area contributed by atoms with E-state index in [0.717, 1.165) is 30.1 Å². The number of alkyl halides is 3. The Morgan fingerprint density at radius 3 is 2.60 bits per heavy atom. The van der Waals surface area contributed by atoms with E-state index in [-0.39, 0.29) is 27.8 Å². The first-order valence-corrected chi connectivity index (χ1v) is 10.9. The molecule has 0 aliphatic heterocycles. The van der Waals surface area contributed by atoms with Crippen molar-refractivity contribution in [3.8, 4) is 29.1 Å². The molecule has 3 N–H and O–H groups in total. The van der Waals surface area contributed by atoms with Crippen LogP contribution < -0.4 is 24.7 Å². The lowest BCUT2D eigenvalue weighted by molar-refractivity contribution is -0.274. The quantitative estimate of drug-likeness (QED) is 0.366. The number of rotatable bonds is 8. The van der Waals surface area contributed by atoms with Gasteiger partial charge in [-0.05, 0) is 61.3 Å². The number of benzene rings is 2. The molecule has 2 aromatic carbocycles. The highest BCUT2D eigenvalue weighted by molar-refractivity contribution is 7.97. The lowest BCUT2D eigenvalue weighted by Gasteiger charge is -2.16. The summed E-state index contributed by atoms with van der Waals surface area (Å²) >= 11 is 6.92. The van der Waals surface area contributed by atoms with Gasteiger partial charge in [0.2, 0.25) is 0 Å². The lowest BCUT2D eigenvalue weighted by Crippen LogP contribution is -2.21. The van der Waals surface area contributed by atoms with Crippen LogP contribution in [0.1, 0.15) is 11.3 Å². The molecule has 8 nitrogen and oxygen atoms in total. The molecule has 13 heteroatoms. The van der Waals surface area contributed by atoms with Gasteiger partial charge in [-0.25, -0.2) is 4.98 Å². The van der Waals surface area contributed by atoms with Gasteiger partial charge in [-0.1, -0.05) is 11.6 Å². The van der Waals surface area contributed by atoms with Crippen molar-refractivity contribution in [1.29, 1.82) is 5.26 Å². The Bertz CT molecular complexity index is 1280. The van der Waals surface area contributed by atoms with E-state index in [0.29, 0.717) is 16.4 Å². The average molecular weight is 525 g/mol. The zero-order chi connectivity index (χ0) is 25.6. The smallest absolute Gasteiger partial charge is 0.480 e. The van der Waals surface area contributed by atoms with Crippen molar-refractivity contribution in [3.63, 3.8) is 0 Å². The van der Waals surface area contributed by atoms with Crippen LogP contribution in [0.4, 0.5) is 18.9 Å². The summed E-state index contributed by atoms with van der Waals surface area (Å²) in [4.78, 5) is 16.6. The molecule has 3 aromatic rings. The molecule has 0 saturated carbocycles. The van der Waals surface area contributed by atoms with Gasteiger partial charge in [-0.2, -0.15) is 5.26 Å². The number of nitrogens with two attached hydrogens (primary N) is 1. The number of halogens is 4. The number of amides is 1. The molecular formula is C22H16ClF3N4O4S. The minimum absolute atomic E-state index is 0.0575. The fourth-order valence-electron chi connectivity index (χ4n) is 2.76. The molecule has 0 aliphatic carbocycles. The van der Waals surface area contributed by atoms with Gasteiger partial charge in [-0.15, -0.1) is 13.2 Å². The number of carbonyl (C=O) groups excluding carboxylic acids is 1. The standard InChI is InChI=1S/C22H16ClF3N4O4S/c1-12-17(3-5-21(29-12)35-28)30-20(31)11-32-18-4-2-15(34-22(24,25)26)9-19(18)33-16-7-13(10-27)6-14(23)8-16/h2-9H,11,28H2,1H3,(H,30,31). The average Bonchev–Trinajstić information content (AvgIpc) is 2.78. The second-order valence-electron chi connectivity index (χ2n) is 6.78. The Balaban J connectivity index is 1.80. The number of nitriles is 1. The topological polar surface area (TPSA) is 119 Å². The summed E-state index contributed by atoms with van der Waals surface area (Å²) in [6, 6.07) is 12.3. The largest absolute Gasteiger partial charge is 0.573 e. The first-order valence-electron chi connectivity index (χ1n) is 9.61. The fraction of sp³-hybridized carbons (Fsp3) is 0.136. The van der Waals surface area contributed by atoms with Gasteiger partial charge in [-0.3, -0.25) is 9.93 Å². The summed E-state index contributed by atoms with van der Waals surface area (Å²) in [5.41, 5.74) is 1.13. The number of aryl methyl sites for hydroxylation is 1. The molecule has 182 valence electrons. The lowest BCUT2D eigenvalue weighted by atomic mass is 10.2. The van der Waals surface area contributed by atoms with Crippen molar-refractivity contribution < 1.29 is 32.2 Å². The maximum absolute atomic E-state index is 12.7. The number of aromatic nitrogens is 1. The molecule has 3 rings (SSSR count). The molecule has 0 bridgehead atoms. The molecule has 0 spiro atoms. The van der Waals surface area contributed by atoms with E-state index in [9.17, 15) is 18.0 Å². The number of carbonyl (C=O) groups is 1. The molecule has 0 unspecified atom stereocenters. The van der Waals surface area contributed by atoms with E-state index in [1.807, 2.05) is 6.07 Å². The van der Waals surface area contributed by atoms with Crippen LogP contribution in [-0.4, -0.2) is 23.9 Å². The van der Waals surface area contributed by atoms with E-state index in [4.69, 9.17) is 31.5 Å². The molecule has 0 aliphatic rings. The third kappa shape index (κ3) is 7.68. The first kappa shape index (κ1) is 26.0. The highest BCUT2D eigenvalue weighted by atomic mass is 35.5. The molecule has 0 fully saturated rings. The molecule has 1 aromatic heterocycles. The predicted octanol–water partition coefficient (Wildman–Crippen LogP) is 5.59. The van der Waals surface area contributed by atoms with Crippen molar-refractivity contribution in [3.05, 3.63) is 64.8 Å². The monoisotopic (exact) mass is 524 g/mol.